The van der Waals surface area contributed by atoms with E-state index < -0.39 is 0 Å². The smallest absolute Gasteiger partial charge is 0.157 e. The molecule has 0 aliphatic carbocycles. The quantitative estimate of drug-likeness (QED) is 0.668. The highest BCUT2D eigenvalue weighted by atomic mass is 16.5. The first-order valence-electron chi connectivity index (χ1n) is 8.14. The van der Waals surface area contributed by atoms with Gasteiger partial charge in [0.05, 0.1) is 6.61 Å². The van der Waals surface area contributed by atoms with E-state index in [0.717, 1.165) is 32.7 Å². The Balaban J connectivity index is 0.000000515. The number of allylic oxidation sites excluding steroid dienone is 2. The average molecular weight is 324 g/mol. The maximum atomic E-state index is 11.3. The predicted octanol–water partition coefficient (Wildman–Crippen LogP) is 1.79. The van der Waals surface area contributed by atoms with E-state index in [0.29, 0.717) is 6.61 Å². The molecule has 0 saturated carbocycles. The van der Waals surface area contributed by atoms with Crippen molar-refractivity contribution in [1.82, 2.24) is 9.80 Å². The summed E-state index contributed by atoms with van der Waals surface area (Å²) in [4.78, 5) is 26.2. The monoisotopic (exact) mass is 324 g/mol. The summed E-state index contributed by atoms with van der Waals surface area (Å²) < 4.78 is 4.65. The van der Waals surface area contributed by atoms with Crippen molar-refractivity contribution in [3.8, 4) is 0 Å². The lowest BCUT2D eigenvalue weighted by Crippen LogP contribution is -2.44. The Bertz CT molecular complexity index is 395. The number of rotatable bonds is 7. The number of piperazine rings is 1. The predicted molar refractivity (Wildman–Crippen MR) is 94.6 cm³/mol. The molecule has 1 heterocycles. The lowest BCUT2D eigenvalue weighted by molar-refractivity contribution is -0.117. The third kappa shape index (κ3) is 12.9. The number of ketones is 2. The summed E-state index contributed by atoms with van der Waals surface area (Å²) in [6.07, 6.45) is 6.89. The number of hydrogen-bond donors (Lipinski definition) is 0. The molecule has 5 heteroatoms. The van der Waals surface area contributed by atoms with E-state index in [4.69, 9.17) is 0 Å². The number of ether oxygens (including phenoxy) is 1. The highest BCUT2D eigenvalue weighted by molar-refractivity contribution is 5.91. The molecule has 0 atom stereocenters. The molecule has 0 aromatic heterocycles. The Morgan fingerprint density at radius 1 is 1.09 bits per heavy atom. The van der Waals surface area contributed by atoms with Crippen LogP contribution in [-0.2, 0) is 14.3 Å². The molecule has 0 amide bonds. The molecule has 0 unspecified atom stereocenters. The van der Waals surface area contributed by atoms with Crippen LogP contribution in [0.1, 0.15) is 20.8 Å². The van der Waals surface area contributed by atoms with Gasteiger partial charge in [-0.25, -0.2) is 0 Å². The van der Waals surface area contributed by atoms with E-state index in [-0.39, 0.29) is 17.5 Å². The summed E-state index contributed by atoms with van der Waals surface area (Å²) in [5.41, 5.74) is 0. The van der Waals surface area contributed by atoms with Gasteiger partial charge in [-0.15, -0.1) is 0 Å². The summed E-state index contributed by atoms with van der Waals surface area (Å²) in [5.74, 6) is 0.403. The Morgan fingerprint density at radius 2 is 1.70 bits per heavy atom. The van der Waals surface area contributed by atoms with Crippen LogP contribution in [0.2, 0.25) is 0 Å². The third-order valence-electron chi connectivity index (χ3n) is 3.43. The minimum atomic E-state index is 0.0575. The van der Waals surface area contributed by atoms with E-state index in [1.54, 1.807) is 19.3 Å². The highest BCUT2D eigenvalue weighted by Crippen LogP contribution is 2.00. The molecular formula is C18H32N2O3. The molecule has 0 spiro atoms. The van der Waals surface area contributed by atoms with E-state index in [9.17, 15) is 9.59 Å². The van der Waals surface area contributed by atoms with E-state index in [1.807, 2.05) is 19.9 Å². The van der Waals surface area contributed by atoms with Crippen LogP contribution in [0.4, 0.5) is 0 Å². The topological polar surface area (TPSA) is 49.9 Å². The number of nitrogens with zero attached hydrogens (tertiary/aromatic N) is 2. The van der Waals surface area contributed by atoms with Gasteiger partial charge in [-0.1, -0.05) is 26.0 Å². The lowest BCUT2D eigenvalue weighted by Gasteiger charge is -2.31. The SMILES string of the molecule is CC(C)C(=O)/C=C/CN1CCN(C)CC1.COC/C=C/C(C)=O. The molecule has 132 valence electrons. The molecule has 0 aromatic rings. The molecule has 1 aliphatic rings. The van der Waals surface area contributed by atoms with Crippen molar-refractivity contribution in [3.63, 3.8) is 0 Å². The maximum absolute atomic E-state index is 11.3. The van der Waals surface area contributed by atoms with Gasteiger partial charge >= 0.3 is 0 Å². The largest absolute Gasteiger partial charge is 0.381 e. The molecule has 0 bridgehead atoms. The van der Waals surface area contributed by atoms with Crippen molar-refractivity contribution in [2.24, 2.45) is 5.92 Å². The van der Waals surface area contributed by atoms with Crippen LogP contribution in [0.3, 0.4) is 0 Å². The maximum Gasteiger partial charge on any atom is 0.157 e. The van der Waals surface area contributed by atoms with Crippen LogP contribution < -0.4 is 0 Å². The summed E-state index contributed by atoms with van der Waals surface area (Å²) in [6, 6.07) is 0. The van der Waals surface area contributed by atoms with Gasteiger partial charge < -0.3 is 9.64 Å². The molecule has 1 aliphatic heterocycles. The van der Waals surface area contributed by atoms with Gasteiger partial charge in [-0.3, -0.25) is 14.5 Å². The van der Waals surface area contributed by atoms with Gasteiger partial charge in [0.15, 0.2) is 11.6 Å². The zero-order valence-electron chi connectivity index (χ0n) is 15.2. The zero-order chi connectivity index (χ0) is 17.7. The summed E-state index contributed by atoms with van der Waals surface area (Å²) >= 11 is 0. The number of likely N-dealkylation sites (N-methyl/N-ethyl adjacent to an activating group) is 1. The number of carbonyl (C=O) groups excluding carboxylic acids is 2. The summed E-state index contributed by atoms with van der Waals surface area (Å²) in [7, 11) is 3.74. The number of hydrogen-bond acceptors (Lipinski definition) is 5. The fourth-order valence-corrected chi connectivity index (χ4v) is 1.85. The Kier molecular flexibility index (Phi) is 12.4. The minimum absolute atomic E-state index is 0.0575. The summed E-state index contributed by atoms with van der Waals surface area (Å²) in [5, 5.41) is 0. The van der Waals surface area contributed by atoms with Gasteiger partial charge in [0.1, 0.15) is 0 Å². The fraction of sp³-hybridized carbons (Fsp3) is 0.667. The number of carbonyl (C=O) groups is 2. The van der Waals surface area contributed by atoms with E-state index in [2.05, 4.69) is 21.6 Å². The third-order valence-corrected chi connectivity index (χ3v) is 3.43. The molecule has 0 aromatic carbocycles. The summed E-state index contributed by atoms with van der Waals surface area (Å²) in [6.45, 7) is 11.3. The molecule has 1 saturated heterocycles. The molecule has 0 N–H and O–H groups in total. The van der Waals surface area contributed by atoms with Gasteiger partial charge in [-0.05, 0) is 26.1 Å². The first kappa shape index (κ1) is 21.7. The van der Waals surface area contributed by atoms with Crippen LogP contribution in [0.5, 0.6) is 0 Å². The Labute approximate surface area is 141 Å². The molecular weight excluding hydrogens is 292 g/mol. The number of methoxy groups -OCH3 is 1. The Morgan fingerprint density at radius 3 is 2.17 bits per heavy atom. The van der Waals surface area contributed by atoms with Gasteiger partial charge in [0, 0.05) is 45.8 Å². The molecule has 5 nitrogen and oxygen atoms in total. The average Bonchev–Trinajstić information content (AvgIpc) is 2.49. The molecule has 0 radical (unpaired) electrons. The highest BCUT2D eigenvalue weighted by Gasteiger charge is 2.11. The van der Waals surface area contributed by atoms with Crippen LogP contribution in [-0.4, -0.2) is 74.9 Å². The van der Waals surface area contributed by atoms with Gasteiger partial charge in [-0.2, -0.15) is 0 Å². The van der Waals surface area contributed by atoms with E-state index in [1.165, 1.54) is 13.0 Å². The van der Waals surface area contributed by atoms with Crippen molar-refractivity contribution in [1.29, 1.82) is 0 Å². The molecule has 1 rings (SSSR count). The first-order chi connectivity index (χ1) is 10.9. The van der Waals surface area contributed by atoms with Crippen molar-refractivity contribution in [2.45, 2.75) is 20.8 Å². The van der Waals surface area contributed by atoms with Crippen molar-refractivity contribution >= 4 is 11.6 Å². The van der Waals surface area contributed by atoms with Crippen LogP contribution >= 0.6 is 0 Å². The second kappa shape index (κ2) is 13.2. The van der Waals surface area contributed by atoms with Crippen molar-refractivity contribution in [3.05, 3.63) is 24.3 Å². The van der Waals surface area contributed by atoms with E-state index >= 15 is 0 Å². The molecule has 1 fully saturated rings. The minimum Gasteiger partial charge on any atom is -0.381 e. The standard InChI is InChI=1S/C12H22N2O.C6H10O2/c1-11(2)12(15)5-4-6-14-9-7-13(3)8-10-14;1-6(7)4-3-5-8-2/h4-5,11H,6-10H2,1-3H3;3-4H,5H2,1-2H3/b5-4+;4-3+. The zero-order valence-corrected chi connectivity index (χ0v) is 15.2. The van der Waals surface area contributed by atoms with Crippen molar-refractivity contribution < 1.29 is 14.3 Å². The van der Waals surface area contributed by atoms with Crippen molar-refractivity contribution in [2.75, 3.05) is 53.5 Å². The van der Waals surface area contributed by atoms with Crippen LogP contribution in [0.15, 0.2) is 24.3 Å². The van der Waals surface area contributed by atoms with Crippen LogP contribution in [0, 0.1) is 5.92 Å². The normalized spacial score (nSPS) is 16.8. The first-order valence-corrected chi connectivity index (χ1v) is 8.14. The lowest BCUT2D eigenvalue weighted by atomic mass is 10.1. The van der Waals surface area contributed by atoms with Gasteiger partial charge in [0.25, 0.3) is 0 Å². The second-order valence-corrected chi connectivity index (χ2v) is 6.03. The van der Waals surface area contributed by atoms with Gasteiger partial charge in [0.2, 0.25) is 0 Å². The Hall–Kier alpha value is -1.30. The second-order valence-electron chi connectivity index (χ2n) is 6.03. The molecule has 23 heavy (non-hydrogen) atoms. The fourth-order valence-electron chi connectivity index (χ4n) is 1.85. The van der Waals surface area contributed by atoms with Crippen LogP contribution in [0.25, 0.3) is 0 Å².